The Morgan fingerprint density at radius 2 is 2.07 bits per heavy atom. The molecule has 0 aromatic carbocycles. The average molecular weight is 213 g/mol. The lowest BCUT2D eigenvalue weighted by atomic mass is 9.87. The van der Waals surface area contributed by atoms with Crippen LogP contribution in [0.2, 0.25) is 0 Å². The van der Waals surface area contributed by atoms with Crippen molar-refractivity contribution in [2.24, 2.45) is 11.7 Å². The van der Waals surface area contributed by atoms with Crippen LogP contribution in [0.25, 0.3) is 0 Å². The first-order chi connectivity index (χ1) is 7.31. The molecule has 0 bridgehead atoms. The monoisotopic (exact) mass is 213 g/mol. The lowest BCUT2D eigenvalue weighted by Crippen LogP contribution is -2.43. The van der Waals surface area contributed by atoms with Crippen molar-refractivity contribution >= 4 is 0 Å². The highest BCUT2D eigenvalue weighted by atomic mass is 15.1. The quantitative estimate of drug-likeness (QED) is 0.693. The lowest BCUT2D eigenvalue weighted by molar-refractivity contribution is 0.160. The van der Waals surface area contributed by atoms with E-state index >= 15 is 0 Å². The van der Waals surface area contributed by atoms with Crippen molar-refractivity contribution in [1.82, 2.24) is 10.2 Å². The fraction of sp³-hybridized carbons (Fsp3) is 1.00. The molecule has 3 heteroatoms. The van der Waals surface area contributed by atoms with Crippen LogP contribution in [0.4, 0.5) is 0 Å². The third-order valence-corrected chi connectivity index (χ3v) is 3.62. The molecule has 0 saturated carbocycles. The number of likely N-dealkylation sites (tertiary alicyclic amines) is 1. The Kier molecular flexibility index (Phi) is 6.22. The largest absolute Gasteiger partial charge is 0.329 e. The van der Waals surface area contributed by atoms with Crippen LogP contribution in [-0.2, 0) is 0 Å². The molecule has 1 aliphatic rings. The van der Waals surface area contributed by atoms with Gasteiger partial charge in [-0.25, -0.2) is 0 Å². The van der Waals surface area contributed by atoms with E-state index in [1.807, 2.05) is 0 Å². The Labute approximate surface area is 94.4 Å². The van der Waals surface area contributed by atoms with Crippen LogP contribution in [0, 0.1) is 5.92 Å². The number of nitrogens with one attached hydrogen (secondary N) is 1. The first kappa shape index (κ1) is 12.9. The molecule has 0 aromatic heterocycles. The van der Waals surface area contributed by atoms with E-state index in [1.54, 1.807) is 0 Å². The normalized spacial score (nSPS) is 21.8. The van der Waals surface area contributed by atoms with E-state index in [2.05, 4.69) is 24.2 Å². The van der Waals surface area contributed by atoms with Gasteiger partial charge in [0.2, 0.25) is 0 Å². The van der Waals surface area contributed by atoms with Crippen LogP contribution in [0.3, 0.4) is 0 Å². The van der Waals surface area contributed by atoms with Crippen LogP contribution >= 0.6 is 0 Å². The van der Waals surface area contributed by atoms with Crippen LogP contribution in [0.5, 0.6) is 0 Å². The van der Waals surface area contributed by atoms with Crippen molar-refractivity contribution in [2.75, 3.05) is 33.2 Å². The van der Waals surface area contributed by atoms with E-state index in [0.717, 1.165) is 25.0 Å². The van der Waals surface area contributed by atoms with Gasteiger partial charge in [0.15, 0.2) is 0 Å². The summed E-state index contributed by atoms with van der Waals surface area (Å²) in [7, 11) is 2.10. The van der Waals surface area contributed by atoms with Gasteiger partial charge in [0.05, 0.1) is 0 Å². The van der Waals surface area contributed by atoms with Gasteiger partial charge in [-0.15, -0.1) is 0 Å². The molecule has 90 valence electrons. The van der Waals surface area contributed by atoms with Gasteiger partial charge in [-0.3, -0.25) is 0 Å². The summed E-state index contributed by atoms with van der Waals surface area (Å²) >= 11 is 0. The van der Waals surface area contributed by atoms with E-state index in [0.29, 0.717) is 0 Å². The van der Waals surface area contributed by atoms with Gasteiger partial charge in [-0.05, 0) is 45.3 Å². The van der Waals surface area contributed by atoms with Crippen LogP contribution in [-0.4, -0.2) is 44.2 Å². The number of nitrogens with zero attached hydrogens (tertiary/aromatic N) is 1. The molecule has 1 heterocycles. The summed E-state index contributed by atoms with van der Waals surface area (Å²) in [5, 5.41) is 3.48. The number of hydrogen-bond donors (Lipinski definition) is 2. The molecule has 1 rings (SSSR count). The molecule has 0 radical (unpaired) electrons. The second-order valence-corrected chi connectivity index (χ2v) is 4.65. The van der Waals surface area contributed by atoms with Crippen molar-refractivity contribution in [2.45, 2.75) is 38.6 Å². The standard InChI is InChI=1S/C12H27N3/c1-3-4-12(14-2)11-5-8-15(9-6-11)10-7-13/h11-12,14H,3-10,13H2,1-2H3. The predicted molar refractivity (Wildman–Crippen MR) is 66.0 cm³/mol. The van der Waals surface area contributed by atoms with Crippen LogP contribution in [0.15, 0.2) is 0 Å². The molecule has 1 unspecified atom stereocenters. The SMILES string of the molecule is CCCC(NC)C1CCN(CCN)CC1. The highest BCUT2D eigenvalue weighted by Gasteiger charge is 2.24. The summed E-state index contributed by atoms with van der Waals surface area (Å²) in [5.41, 5.74) is 5.57. The number of piperidine rings is 1. The van der Waals surface area contributed by atoms with Gasteiger partial charge in [0.1, 0.15) is 0 Å². The third kappa shape index (κ3) is 4.09. The van der Waals surface area contributed by atoms with Crippen molar-refractivity contribution in [1.29, 1.82) is 0 Å². The smallest absolute Gasteiger partial charge is 0.0105 e. The van der Waals surface area contributed by atoms with Crippen molar-refractivity contribution < 1.29 is 0 Å². The van der Waals surface area contributed by atoms with Gasteiger partial charge in [0, 0.05) is 19.1 Å². The fourth-order valence-electron chi connectivity index (χ4n) is 2.69. The van der Waals surface area contributed by atoms with Crippen molar-refractivity contribution in [3.05, 3.63) is 0 Å². The van der Waals surface area contributed by atoms with Crippen LogP contribution in [0.1, 0.15) is 32.6 Å². The van der Waals surface area contributed by atoms with E-state index < -0.39 is 0 Å². The summed E-state index contributed by atoms with van der Waals surface area (Å²) in [4.78, 5) is 2.50. The molecule has 0 aliphatic carbocycles. The third-order valence-electron chi connectivity index (χ3n) is 3.62. The molecule has 15 heavy (non-hydrogen) atoms. The van der Waals surface area contributed by atoms with Gasteiger partial charge < -0.3 is 16.0 Å². The predicted octanol–water partition coefficient (Wildman–Crippen LogP) is 1.05. The van der Waals surface area contributed by atoms with Crippen molar-refractivity contribution in [3.8, 4) is 0 Å². The zero-order valence-corrected chi connectivity index (χ0v) is 10.3. The highest BCUT2D eigenvalue weighted by Crippen LogP contribution is 2.22. The molecule has 1 fully saturated rings. The second-order valence-electron chi connectivity index (χ2n) is 4.65. The zero-order valence-electron chi connectivity index (χ0n) is 10.3. The maximum absolute atomic E-state index is 5.57. The molecule has 0 aromatic rings. The first-order valence-corrected chi connectivity index (χ1v) is 6.41. The zero-order chi connectivity index (χ0) is 11.1. The molecule has 0 spiro atoms. The molecular weight excluding hydrogens is 186 g/mol. The maximum Gasteiger partial charge on any atom is 0.0105 e. The Hall–Kier alpha value is -0.120. The fourth-order valence-corrected chi connectivity index (χ4v) is 2.69. The Balaban J connectivity index is 2.28. The minimum absolute atomic E-state index is 0.732. The van der Waals surface area contributed by atoms with Gasteiger partial charge in [-0.1, -0.05) is 13.3 Å². The van der Waals surface area contributed by atoms with E-state index in [-0.39, 0.29) is 0 Å². The van der Waals surface area contributed by atoms with Gasteiger partial charge in [0.25, 0.3) is 0 Å². The van der Waals surface area contributed by atoms with E-state index in [9.17, 15) is 0 Å². The molecular formula is C12H27N3. The maximum atomic E-state index is 5.57. The molecule has 1 aliphatic heterocycles. The average Bonchev–Trinajstić information content (AvgIpc) is 2.28. The second kappa shape index (κ2) is 7.20. The highest BCUT2D eigenvalue weighted by molar-refractivity contribution is 4.81. The summed E-state index contributed by atoms with van der Waals surface area (Å²) in [6.45, 7) is 6.63. The number of nitrogens with two attached hydrogens (primary N) is 1. The Morgan fingerprint density at radius 1 is 1.40 bits per heavy atom. The minimum Gasteiger partial charge on any atom is -0.329 e. The van der Waals surface area contributed by atoms with E-state index in [1.165, 1.54) is 38.8 Å². The summed E-state index contributed by atoms with van der Waals surface area (Å²) in [6, 6.07) is 0.732. The first-order valence-electron chi connectivity index (χ1n) is 6.41. The molecule has 1 atom stereocenters. The molecule has 3 nitrogen and oxygen atoms in total. The summed E-state index contributed by atoms with van der Waals surface area (Å²) < 4.78 is 0. The Bertz CT molecular complexity index is 153. The molecule has 3 N–H and O–H groups in total. The van der Waals surface area contributed by atoms with Crippen molar-refractivity contribution in [3.63, 3.8) is 0 Å². The minimum atomic E-state index is 0.732. The summed E-state index contributed by atoms with van der Waals surface area (Å²) in [5.74, 6) is 0.879. The number of rotatable bonds is 6. The van der Waals surface area contributed by atoms with E-state index in [4.69, 9.17) is 5.73 Å². The van der Waals surface area contributed by atoms with Crippen LogP contribution < -0.4 is 11.1 Å². The summed E-state index contributed by atoms with van der Waals surface area (Å²) in [6.07, 6.45) is 5.28. The molecule has 0 amide bonds. The number of hydrogen-bond acceptors (Lipinski definition) is 3. The van der Waals surface area contributed by atoms with Gasteiger partial charge >= 0.3 is 0 Å². The van der Waals surface area contributed by atoms with Gasteiger partial charge in [-0.2, -0.15) is 0 Å². The Morgan fingerprint density at radius 3 is 2.53 bits per heavy atom. The topological polar surface area (TPSA) is 41.3 Å². The lowest BCUT2D eigenvalue weighted by Gasteiger charge is -2.35. The molecule has 1 saturated heterocycles.